The summed E-state index contributed by atoms with van der Waals surface area (Å²) in [7, 11) is 1.62. The van der Waals surface area contributed by atoms with Crippen molar-refractivity contribution < 1.29 is 4.74 Å². The van der Waals surface area contributed by atoms with Crippen LogP contribution in [0.3, 0.4) is 0 Å². The van der Waals surface area contributed by atoms with E-state index in [1.165, 1.54) is 6.07 Å². The van der Waals surface area contributed by atoms with Crippen molar-refractivity contribution in [3.05, 3.63) is 46.5 Å². The molecule has 1 aromatic carbocycles. The Kier molecular flexibility index (Phi) is 4.94. The third kappa shape index (κ3) is 3.82. The van der Waals surface area contributed by atoms with Crippen LogP contribution in [0.25, 0.3) is 0 Å². The number of benzene rings is 1. The summed E-state index contributed by atoms with van der Waals surface area (Å²) >= 11 is 0. The number of anilines is 2. The molecule has 0 unspecified atom stereocenters. The first kappa shape index (κ1) is 15.1. The minimum absolute atomic E-state index is 0.168. The van der Waals surface area contributed by atoms with E-state index in [-0.39, 0.29) is 5.56 Å². The second-order valence-electron chi connectivity index (χ2n) is 4.68. The van der Waals surface area contributed by atoms with Gasteiger partial charge in [0.1, 0.15) is 17.4 Å². The highest BCUT2D eigenvalue weighted by Gasteiger charge is 2.12. The summed E-state index contributed by atoms with van der Waals surface area (Å²) in [5.74, 6) is 1.95. The van der Waals surface area contributed by atoms with Crippen LogP contribution in [0.15, 0.2) is 35.1 Å². The van der Waals surface area contributed by atoms with Crippen LogP contribution in [0, 0.1) is 6.92 Å². The molecule has 0 aliphatic rings. The number of ether oxygens (including phenoxy) is 1. The van der Waals surface area contributed by atoms with Crippen molar-refractivity contribution in [2.75, 3.05) is 25.1 Å². The minimum atomic E-state index is -0.168. The van der Waals surface area contributed by atoms with Crippen LogP contribution in [-0.4, -0.2) is 30.2 Å². The molecule has 0 radical (unpaired) electrons. The molecule has 21 heavy (non-hydrogen) atoms. The topological polar surface area (TPSA) is 84.2 Å². The van der Waals surface area contributed by atoms with Gasteiger partial charge in [0.05, 0.1) is 7.11 Å². The summed E-state index contributed by atoms with van der Waals surface area (Å²) < 4.78 is 5.25. The molecule has 0 saturated carbocycles. The van der Waals surface area contributed by atoms with Gasteiger partial charge in [-0.1, -0.05) is 6.07 Å². The second-order valence-corrected chi connectivity index (χ2v) is 4.68. The molecule has 3 N–H and O–H groups in total. The lowest BCUT2D eigenvalue weighted by Gasteiger charge is -2.24. The van der Waals surface area contributed by atoms with E-state index in [9.17, 15) is 4.79 Å². The lowest BCUT2D eigenvalue weighted by molar-refractivity contribution is 0.415. The number of nitrogens with zero attached hydrogens (tertiary/aromatic N) is 2. The molecule has 0 spiro atoms. The standard InChI is InChI=1S/C15H20N4O2/c1-11-17-14(10-15(20)18-11)19(8-4-7-16)12-5-3-6-13(9-12)21-2/h3,5-6,9-10H,4,7-8,16H2,1-2H3,(H,17,18,20). The minimum Gasteiger partial charge on any atom is -0.497 e. The van der Waals surface area contributed by atoms with Gasteiger partial charge >= 0.3 is 0 Å². The third-order valence-electron chi connectivity index (χ3n) is 3.07. The molecule has 0 bridgehead atoms. The number of H-pyrrole nitrogens is 1. The van der Waals surface area contributed by atoms with Gasteiger partial charge in [-0.05, 0) is 32.0 Å². The lowest BCUT2D eigenvalue weighted by atomic mass is 10.2. The summed E-state index contributed by atoms with van der Waals surface area (Å²) in [6.45, 7) is 3.01. The van der Waals surface area contributed by atoms with Crippen LogP contribution in [0.4, 0.5) is 11.5 Å². The average molecular weight is 288 g/mol. The number of rotatable bonds is 6. The van der Waals surface area contributed by atoms with Gasteiger partial charge in [-0.2, -0.15) is 0 Å². The number of hydrogen-bond donors (Lipinski definition) is 2. The molecular weight excluding hydrogens is 268 g/mol. The monoisotopic (exact) mass is 288 g/mol. The predicted octanol–water partition coefficient (Wildman–Crippen LogP) is 1.57. The summed E-state index contributed by atoms with van der Waals surface area (Å²) in [5.41, 5.74) is 6.36. The maximum Gasteiger partial charge on any atom is 0.252 e. The zero-order valence-corrected chi connectivity index (χ0v) is 12.3. The first-order valence-corrected chi connectivity index (χ1v) is 6.83. The second kappa shape index (κ2) is 6.90. The summed E-state index contributed by atoms with van der Waals surface area (Å²) in [4.78, 5) is 20.7. The maximum absolute atomic E-state index is 11.7. The molecule has 0 saturated heterocycles. The molecule has 0 fully saturated rings. The smallest absolute Gasteiger partial charge is 0.252 e. The lowest BCUT2D eigenvalue weighted by Crippen LogP contribution is -2.24. The molecule has 0 atom stereocenters. The van der Waals surface area contributed by atoms with E-state index in [2.05, 4.69) is 9.97 Å². The van der Waals surface area contributed by atoms with Crippen molar-refractivity contribution in [2.24, 2.45) is 5.73 Å². The number of aromatic amines is 1. The fourth-order valence-electron chi connectivity index (χ4n) is 2.11. The Morgan fingerprint density at radius 2 is 2.19 bits per heavy atom. The highest BCUT2D eigenvalue weighted by atomic mass is 16.5. The van der Waals surface area contributed by atoms with Crippen LogP contribution in [0.2, 0.25) is 0 Å². The van der Waals surface area contributed by atoms with Crippen molar-refractivity contribution >= 4 is 11.5 Å². The normalized spacial score (nSPS) is 10.4. The van der Waals surface area contributed by atoms with E-state index in [1.807, 2.05) is 29.2 Å². The van der Waals surface area contributed by atoms with Gasteiger partial charge in [0.15, 0.2) is 0 Å². The van der Waals surface area contributed by atoms with Crippen LogP contribution in [0.5, 0.6) is 5.75 Å². The molecule has 6 nitrogen and oxygen atoms in total. The van der Waals surface area contributed by atoms with Crippen molar-refractivity contribution in [1.82, 2.24) is 9.97 Å². The molecule has 1 aromatic heterocycles. The molecular formula is C15H20N4O2. The van der Waals surface area contributed by atoms with Gasteiger partial charge in [0.25, 0.3) is 5.56 Å². The number of hydrogen-bond acceptors (Lipinski definition) is 5. The Hall–Kier alpha value is -2.34. The van der Waals surface area contributed by atoms with E-state index < -0.39 is 0 Å². The first-order chi connectivity index (χ1) is 10.1. The zero-order valence-electron chi connectivity index (χ0n) is 12.3. The van der Waals surface area contributed by atoms with E-state index in [1.54, 1.807) is 14.0 Å². The van der Waals surface area contributed by atoms with E-state index in [0.29, 0.717) is 24.7 Å². The Bertz CT molecular complexity index is 654. The van der Waals surface area contributed by atoms with Crippen LogP contribution >= 0.6 is 0 Å². The summed E-state index contributed by atoms with van der Waals surface area (Å²) in [6, 6.07) is 9.14. The fraction of sp³-hybridized carbons (Fsp3) is 0.333. The molecule has 0 aliphatic heterocycles. The van der Waals surface area contributed by atoms with Gasteiger partial charge in [-0.3, -0.25) is 4.79 Å². The Morgan fingerprint density at radius 1 is 1.38 bits per heavy atom. The van der Waals surface area contributed by atoms with Crippen molar-refractivity contribution in [1.29, 1.82) is 0 Å². The molecule has 6 heteroatoms. The molecule has 1 heterocycles. The quantitative estimate of drug-likeness (QED) is 0.843. The molecule has 112 valence electrons. The van der Waals surface area contributed by atoms with Crippen molar-refractivity contribution in [3.8, 4) is 5.75 Å². The van der Waals surface area contributed by atoms with E-state index >= 15 is 0 Å². The van der Waals surface area contributed by atoms with Crippen LogP contribution in [0.1, 0.15) is 12.2 Å². The summed E-state index contributed by atoms with van der Waals surface area (Å²) in [6.07, 6.45) is 0.796. The third-order valence-corrected chi connectivity index (χ3v) is 3.07. The average Bonchev–Trinajstić information content (AvgIpc) is 2.47. The maximum atomic E-state index is 11.7. The number of aryl methyl sites for hydroxylation is 1. The van der Waals surface area contributed by atoms with Gasteiger partial charge < -0.3 is 20.4 Å². The first-order valence-electron chi connectivity index (χ1n) is 6.83. The van der Waals surface area contributed by atoms with Gasteiger partial charge in [0.2, 0.25) is 0 Å². The van der Waals surface area contributed by atoms with E-state index in [0.717, 1.165) is 17.9 Å². The fourth-order valence-corrected chi connectivity index (χ4v) is 2.11. The largest absolute Gasteiger partial charge is 0.497 e. The number of nitrogens with two attached hydrogens (primary N) is 1. The summed E-state index contributed by atoms with van der Waals surface area (Å²) in [5, 5.41) is 0. The SMILES string of the molecule is COc1cccc(N(CCCN)c2cc(=O)[nH]c(C)n2)c1. The highest BCUT2D eigenvalue weighted by Crippen LogP contribution is 2.26. The highest BCUT2D eigenvalue weighted by molar-refractivity contribution is 5.61. The van der Waals surface area contributed by atoms with Gasteiger partial charge in [-0.15, -0.1) is 0 Å². The Balaban J connectivity index is 2.43. The van der Waals surface area contributed by atoms with Crippen molar-refractivity contribution in [2.45, 2.75) is 13.3 Å². The van der Waals surface area contributed by atoms with Gasteiger partial charge in [0, 0.05) is 24.4 Å². The molecule has 2 aromatic rings. The molecule has 0 amide bonds. The van der Waals surface area contributed by atoms with Crippen LogP contribution in [-0.2, 0) is 0 Å². The zero-order chi connectivity index (χ0) is 15.2. The van der Waals surface area contributed by atoms with E-state index in [4.69, 9.17) is 10.5 Å². The van der Waals surface area contributed by atoms with Crippen molar-refractivity contribution in [3.63, 3.8) is 0 Å². The predicted molar refractivity (Wildman–Crippen MR) is 83.3 cm³/mol. The number of nitrogens with one attached hydrogen (secondary N) is 1. The Morgan fingerprint density at radius 3 is 2.86 bits per heavy atom. The molecule has 0 aliphatic carbocycles. The van der Waals surface area contributed by atoms with Crippen LogP contribution < -0.4 is 20.9 Å². The number of aromatic nitrogens is 2. The molecule has 2 rings (SSSR count). The Labute approximate surface area is 123 Å². The number of methoxy groups -OCH3 is 1. The van der Waals surface area contributed by atoms with Gasteiger partial charge in [-0.25, -0.2) is 4.98 Å².